The zero-order chi connectivity index (χ0) is 13.3. The highest BCUT2D eigenvalue weighted by molar-refractivity contribution is 5.98. The predicted octanol–water partition coefficient (Wildman–Crippen LogP) is 0.674. The Morgan fingerprint density at radius 2 is 2.06 bits per heavy atom. The monoisotopic (exact) mass is 247 g/mol. The van der Waals surface area contributed by atoms with Crippen molar-refractivity contribution in [2.75, 3.05) is 19.4 Å². The lowest BCUT2D eigenvalue weighted by Gasteiger charge is -2.11. The summed E-state index contributed by atoms with van der Waals surface area (Å²) in [6, 6.07) is 6.89. The van der Waals surface area contributed by atoms with E-state index in [1.54, 1.807) is 38.4 Å². The number of nitrogens with two attached hydrogens (primary N) is 1. The van der Waals surface area contributed by atoms with Gasteiger partial charge in [0, 0.05) is 31.4 Å². The van der Waals surface area contributed by atoms with Gasteiger partial charge in [-0.2, -0.15) is 0 Å². The molecule has 0 aromatic heterocycles. The molecule has 96 valence electrons. The fraction of sp³-hybridized carbons (Fsp3) is 0.385. The molecule has 0 bridgehead atoms. The predicted molar refractivity (Wildman–Crippen MR) is 69.2 cm³/mol. The highest BCUT2D eigenvalue weighted by Gasteiger charge is 2.39. The molecule has 0 spiro atoms. The molecule has 3 N–H and O–H groups in total. The second kappa shape index (κ2) is 4.78. The lowest BCUT2D eigenvalue weighted by molar-refractivity contribution is -0.117. The van der Waals surface area contributed by atoms with E-state index >= 15 is 0 Å². The van der Waals surface area contributed by atoms with Gasteiger partial charge in [0.25, 0.3) is 5.91 Å². The van der Waals surface area contributed by atoms with Crippen molar-refractivity contribution in [3.8, 4) is 0 Å². The molecule has 1 aliphatic rings. The maximum atomic E-state index is 11.8. The van der Waals surface area contributed by atoms with E-state index in [2.05, 4.69) is 5.32 Å². The van der Waals surface area contributed by atoms with Crippen molar-refractivity contribution >= 4 is 17.5 Å². The standard InChI is InChI=1S/C13H17N3O2/c1-16(2)13(18)8-4-3-5-9(6-8)15-12(17)10-7-11(10)14/h3-6,10-11H,7,14H2,1-2H3,(H,15,17). The van der Waals surface area contributed by atoms with E-state index in [9.17, 15) is 9.59 Å². The maximum Gasteiger partial charge on any atom is 0.253 e. The maximum absolute atomic E-state index is 11.8. The Morgan fingerprint density at radius 1 is 1.39 bits per heavy atom. The summed E-state index contributed by atoms with van der Waals surface area (Å²) >= 11 is 0. The summed E-state index contributed by atoms with van der Waals surface area (Å²) in [6.07, 6.45) is 0.738. The van der Waals surface area contributed by atoms with Gasteiger partial charge in [0.1, 0.15) is 0 Å². The van der Waals surface area contributed by atoms with Crippen molar-refractivity contribution in [1.29, 1.82) is 0 Å². The minimum Gasteiger partial charge on any atom is -0.345 e. The van der Waals surface area contributed by atoms with Crippen molar-refractivity contribution in [3.05, 3.63) is 29.8 Å². The smallest absolute Gasteiger partial charge is 0.253 e. The van der Waals surface area contributed by atoms with Crippen LogP contribution in [0.2, 0.25) is 0 Å². The van der Waals surface area contributed by atoms with Gasteiger partial charge in [-0.05, 0) is 24.6 Å². The van der Waals surface area contributed by atoms with E-state index < -0.39 is 0 Å². The molecule has 2 amide bonds. The molecule has 5 nitrogen and oxygen atoms in total. The van der Waals surface area contributed by atoms with Crippen LogP contribution in [0.3, 0.4) is 0 Å². The van der Waals surface area contributed by atoms with Crippen LogP contribution in [0, 0.1) is 5.92 Å². The third-order valence-electron chi connectivity index (χ3n) is 2.96. The van der Waals surface area contributed by atoms with Crippen LogP contribution in [0.1, 0.15) is 16.8 Å². The second-order valence-corrected chi connectivity index (χ2v) is 4.78. The Labute approximate surface area is 106 Å². The van der Waals surface area contributed by atoms with Gasteiger partial charge in [-0.1, -0.05) is 6.07 Å². The first kappa shape index (κ1) is 12.6. The Bertz CT molecular complexity index is 485. The van der Waals surface area contributed by atoms with Crippen LogP contribution in [0.25, 0.3) is 0 Å². The molecule has 1 aliphatic carbocycles. The van der Waals surface area contributed by atoms with Crippen molar-refractivity contribution in [3.63, 3.8) is 0 Å². The van der Waals surface area contributed by atoms with Gasteiger partial charge in [0.15, 0.2) is 0 Å². The minimum absolute atomic E-state index is 0.0170. The van der Waals surface area contributed by atoms with E-state index in [1.807, 2.05) is 0 Å². The molecule has 1 fully saturated rings. The average Bonchev–Trinajstić information content (AvgIpc) is 3.06. The van der Waals surface area contributed by atoms with Crippen LogP contribution in [0.5, 0.6) is 0 Å². The van der Waals surface area contributed by atoms with Crippen LogP contribution in [-0.2, 0) is 4.79 Å². The summed E-state index contributed by atoms with van der Waals surface area (Å²) in [5, 5.41) is 2.78. The van der Waals surface area contributed by atoms with Crippen LogP contribution < -0.4 is 11.1 Å². The summed E-state index contributed by atoms with van der Waals surface area (Å²) in [5.41, 5.74) is 6.80. The molecule has 0 saturated heterocycles. The number of amides is 2. The summed E-state index contributed by atoms with van der Waals surface area (Å²) in [7, 11) is 3.38. The Kier molecular flexibility index (Phi) is 3.34. The van der Waals surface area contributed by atoms with E-state index in [1.165, 1.54) is 4.90 Å². The molecular weight excluding hydrogens is 230 g/mol. The topological polar surface area (TPSA) is 75.4 Å². The Hall–Kier alpha value is -1.88. The SMILES string of the molecule is CN(C)C(=O)c1cccc(NC(=O)C2CC2N)c1. The molecular formula is C13H17N3O2. The van der Waals surface area contributed by atoms with Gasteiger partial charge in [0.05, 0.1) is 5.92 Å². The van der Waals surface area contributed by atoms with Crippen LogP contribution >= 0.6 is 0 Å². The lowest BCUT2D eigenvalue weighted by Crippen LogP contribution is -2.22. The lowest BCUT2D eigenvalue weighted by atomic mass is 10.1. The quantitative estimate of drug-likeness (QED) is 0.824. The number of nitrogens with one attached hydrogen (secondary N) is 1. The van der Waals surface area contributed by atoms with E-state index in [-0.39, 0.29) is 23.8 Å². The first-order valence-electron chi connectivity index (χ1n) is 5.87. The van der Waals surface area contributed by atoms with E-state index in [0.717, 1.165) is 6.42 Å². The molecule has 0 aliphatic heterocycles. The van der Waals surface area contributed by atoms with Gasteiger partial charge in [-0.3, -0.25) is 9.59 Å². The minimum atomic E-state index is -0.0887. The number of anilines is 1. The fourth-order valence-electron chi connectivity index (χ4n) is 1.74. The summed E-state index contributed by atoms with van der Waals surface area (Å²) in [6.45, 7) is 0. The first-order chi connectivity index (χ1) is 8.49. The third kappa shape index (κ3) is 2.68. The van der Waals surface area contributed by atoms with Crippen LogP contribution in [-0.4, -0.2) is 36.9 Å². The Balaban J connectivity index is 2.07. The molecule has 1 saturated carbocycles. The highest BCUT2D eigenvalue weighted by atomic mass is 16.2. The highest BCUT2D eigenvalue weighted by Crippen LogP contribution is 2.29. The largest absolute Gasteiger partial charge is 0.345 e. The Morgan fingerprint density at radius 3 is 2.61 bits per heavy atom. The van der Waals surface area contributed by atoms with E-state index in [0.29, 0.717) is 11.3 Å². The zero-order valence-corrected chi connectivity index (χ0v) is 10.5. The van der Waals surface area contributed by atoms with E-state index in [4.69, 9.17) is 5.73 Å². The summed E-state index contributed by atoms with van der Waals surface area (Å²) < 4.78 is 0. The number of nitrogens with zero attached hydrogens (tertiary/aromatic N) is 1. The van der Waals surface area contributed by atoms with Crippen LogP contribution in [0.4, 0.5) is 5.69 Å². The molecule has 2 unspecified atom stereocenters. The van der Waals surface area contributed by atoms with Crippen LogP contribution in [0.15, 0.2) is 24.3 Å². The molecule has 2 atom stereocenters. The normalized spacial score (nSPS) is 21.3. The number of carbonyl (C=O) groups is 2. The average molecular weight is 247 g/mol. The molecule has 1 aromatic rings. The van der Waals surface area contributed by atoms with Gasteiger partial charge in [-0.25, -0.2) is 0 Å². The number of hydrogen-bond donors (Lipinski definition) is 2. The second-order valence-electron chi connectivity index (χ2n) is 4.78. The van der Waals surface area contributed by atoms with Gasteiger partial charge in [-0.15, -0.1) is 0 Å². The third-order valence-corrected chi connectivity index (χ3v) is 2.96. The molecule has 0 heterocycles. The van der Waals surface area contributed by atoms with Crippen molar-refractivity contribution in [2.45, 2.75) is 12.5 Å². The molecule has 0 radical (unpaired) electrons. The fourth-order valence-corrected chi connectivity index (χ4v) is 1.74. The summed E-state index contributed by atoms with van der Waals surface area (Å²) in [5.74, 6) is -0.246. The van der Waals surface area contributed by atoms with Gasteiger partial charge in [0.2, 0.25) is 5.91 Å². The first-order valence-corrected chi connectivity index (χ1v) is 5.87. The number of rotatable bonds is 3. The van der Waals surface area contributed by atoms with Crippen molar-refractivity contribution in [2.24, 2.45) is 11.7 Å². The number of carbonyl (C=O) groups excluding carboxylic acids is 2. The number of benzene rings is 1. The summed E-state index contributed by atoms with van der Waals surface area (Å²) in [4.78, 5) is 25.0. The molecule has 1 aromatic carbocycles. The van der Waals surface area contributed by atoms with Crippen molar-refractivity contribution in [1.82, 2.24) is 4.90 Å². The number of hydrogen-bond acceptors (Lipinski definition) is 3. The molecule has 18 heavy (non-hydrogen) atoms. The zero-order valence-electron chi connectivity index (χ0n) is 10.5. The molecule has 2 rings (SSSR count). The van der Waals surface area contributed by atoms with Gasteiger partial charge >= 0.3 is 0 Å². The molecule has 5 heteroatoms. The van der Waals surface area contributed by atoms with Crippen molar-refractivity contribution < 1.29 is 9.59 Å². The van der Waals surface area contributed by atoms with Gasteiger partial charge < -0.3 is 16.0 Å².